The van der Waals surface area contributed by atoms with Gasteiger partial charge in [0.1, 0.15) is 0 Å². The molecule has 0 aliphatic rings. The summed E-state index contributed by atoms with van der Waals surface area (Å²) in [6.45, 7) is 5.76. The Kier molecular flexibility index (Phi) is 4.61. The van der Waals surface area contributed by atoms with Crippen molar-refractivity contribution in [3.05, 3.63) is 0 Å². The zero-order valence-electron chi connectivity index (χ0n) is 8.18. The lowest BCUT2D eigenvalue weighted by Crippen LogP contribution is -2.20. The average Bonchev–Trinajstić information content (AvgIpc) is 1.81. The Balaban J connectivity index is 3.95. The molecular formula is C7H15O5P. The van der Waals surface area contributed by atoms with Crippen molar-refractivity contribution >= 4 is 13.6 Å². The van der Waals surface area contributed by atoms with E-state index in [2.05, 4.69) is 4.52 Å². The molecular weight excluding hydrogens is 195 g/mol. The van der Waals surface area contributed by atoms with E-state index in [9.17, 15) is 9.36 Å². The van der Waals surface area contributed by atoms with Crippen molar-refractivity contribution in [2.75, 3.05) is 6.66 Å². The van der Waals surface area contributed by atoms with E-state index in [1.165, 1.54) is 6.92 Å². The number of carbonyl (C=O) groups is 1. The molecule has 0 amide bonds. The van der Waals surface area contributed by atoms with Crippen LogP contribution in [0.15, 0.2) is 0 Å². The number of esters is 1. The average molecular weight is 210 g/mol. The lowest BCUT2D eigenvalue weighted by Gasteiger charge is -2.16. The van der Waals surface area contributed by atoms with Crippen molar-refractivity contribution in [2.45, 2.75) is 27.1 Å². The molecule has 0 rings (SSSR count). The summed E-state index contributed by atoms with van der Waals surface area (Å²) in [4.78, 5) is 19.7. The van der Waals surface area contributed by atoms with Gasteiger partial charge in [0.15, 0.2) is 0 Å². The van der Waals surface area contributed by atoms with Crippen molar-refractivity contribution in [3.8, 4) is 0 Å². The van der Waals surface area contributed by atoms with E-state index in [0.717, 1.165) is 6.66 Å². The Labute approximate surface area is 77.6 Å². The number of carbonyl (C=O) groups excluding carboxylic acids is 1. The standard InChI is InChI=1S/C7H15O5P/c1-5(2)7(8)11-6(3)12-13(4,9)10/h5-6H,1-4H3,(H,9,10). The Morgan fingerprint density at radius 2 is 1.85 bits per heavy atom. The van der Waals surface area contributed by atoms with Gasteiger partial charge in [0, 0.05) is 6.66 Å². The molecule has 5 nitrogen and oxygen atoms in total. The van der Waals surface area contributed by atoms with Crippen LogP contribution in [0.5, 0.6) is 0 Å². The van der Waals surface area contributed by atoms with Crippen LogP contribution in [0, 0.1) is 5.92 Å². The summed E-state index contributed by atoms with van der Waals surface area (Å²) in [6, 6.07) is 0. The lowest BCUT2D eigenvalue weighted by molar-refractivity contribution is -0.165. The first-order valence-electron chi connectivity index (χ1n) is 3.91. The molecule has 1 N–H and O–H groups in total. The molecule has 0 aliphatic carbocycles. The molecule has 2 atom stereocenters. The second-order valence-electron chi connectivity index (χ2n) is 3.07. The van der Waals surface area contributed by atoms with E-state index in [-0.39, 0.29) is 5.92 Å². The third-order valence-electron chi connectivity index (χ3n) is 1.10. The monoisotopic (exact) mass is 210 g/mol. The summed E-state index contributed by atoms with van der Waals surface area (Å²) in [5.41, 5.74) is 0. The minimum Gasteiger partial charge on any atom is -0.435 e. The summed E-state index contributed by atoms with van der Waals surface area (Å²) in [7, 11) is -3.59. The summed E-state index contributed by atoms with van der Waals surface area (Å²) in [5, 5.41) is 0. The first-order chi connectivity index (χ1) is 5.72. The Hall–Kier alpha value is -0.380. The summed E-state index contributed by atoms with van der Waals surface area (Å²) in [6.07, 6.45) is -0.990. The van der Waals surface area contributed by atoms with Crippen LogP contribution in [0.2, 0.25) is 0 Å². The fourth-order valence-electron chi connectivity index (χ4n) is 0.597. The van der Waals surface area contributed by atoms with Gasteiger partial charge in [-0.25, -0.2) is 0 Å². The normalized spacial score (nSPS) is 18.0. The highest BCUT2D eigenvalue weighted by molar-refractivity contribution is 7.51. The molecule has 0 aromatic carbocycles. The quantitative estimate of drug-likeness (QED) is 0.431. The first-order valence-corrected chi connectivity index (χ1v) is 5.94. The largest absolute Gasteiger partial charge is 0.435 e. The van der Waals surface area contributed by atoms with Crippen LogP contribution >= 0.6 is 7.60 Å². The second-order valence-corrected chi connectivity index (χ2v) is 4.88. The van der Waals surface area contributed by atoms with Crippen molar-refractivity contribution in [1.29, 1.82) is 0 Å². The highest BCUT2D eigenvalue weighted by Crippen LogP contribution is 2.38. The fourth-order valence-corrected chi connectivity index (χ4v) is 1.19. The van der Waals surface area contributed by atoms with Gasteiger partial charge in [-0.2, -0.15) is 0 Å². The Morgan fingerprint density at radius 1 is 1.38 bits per heavy atom. The van der Waals surface area contributed by atoms with E-state index < -0.39 is 19.9 Å². The SMILES string of the molecule is CC(OC(=O)C(C)C)OP(C)(=O)O. The Bertz CT molecular complexity index is 219. The van der Waals surface area contributed by atoms with Crippen molar-refractivity contribution < 1.29 is 23.5 Å². The molecule has 0 saturated heterocycles. The molecule has 78 valence electrons. The van der Waals surface area contributed by atoms with Crippen LogP contribution < -0.4 is 0 Å². The van der Waals surface area contributed by atoms with Crippen LogP contribution in [0.3, 0.4) is 0 Å². The zero-order chi connectivity index (χ0) is 10.6. The van der Waals surface area contributed by atoms with E-state index in [4.69, 9.17) is 9.63 Å². The molecule has 13 heavy (non-hydrogen) atoms. The molecule has 0 spiro atoms. The van der Waals surface area contributed by atoms with Gasteiger partial charge in [-0.15, -0.1) is 0 Å². The van der Waals surface area contributed by atoms with E-state index in [1.807, 2.05) is 0 Å². The van der Waals surface area contributed by atoms with E-state index in [0.29, 0.717) is 0 Å². The molecule has 0 aliphatic heterocycles. The van der Waals surface area contributed by atoms with Crippen molar-refractivity contribution in [3.63, 3.8) is 0 Å². The van der Waals surface area contributed by atoms with E-state index >= 15 is 0 Å². The molecule has 0 saturated carbocycles. The van der Waals surface area contributed by atoms with Gasteiger partial charge in [0.05, 0.1) is 5.92 Å². The minimum absolute atomic E-state index is 0.277. The zero-order valence-corrected chi connectivity index (χ0v) is 9.08. The van der Waals surface area contributed by atoms with Gasteiger partial charge >= 0.3 is 13.6 Å². The highest BCUT2D eigenvalue weighted by atomic mass is 31.2. The maximum atomic E-state index is 11.0. The summed E-state index contributed by atoms with van der Waals surface area (Å²) < 4.78 is 19.9. The van der Waals surface area contributed by atoms with Crippen LogP contribution in [0.25, 0.3) is 0 Å². The van der Waals surface area contributed by atoms with E-state index in [1.54, 1.807) is 13.8 Å². The molecule has 2 unspecified atom stereocenters. The van der Waals surface area contributed by atoms with Crippen molar-refractivity contribution in [1.82, 2.24) is 0 Å². The summed E-state index contributed by atoms with van der Waals surface area (Å²) in [5.74, 6) is -0.734. The molecule has 0 aromatic rings. The third-order valence-corrected chi connectivity index (χ3v) is 1.79. The van der Waals surface area contributed by atoms with Gasteiger partial charge in [-0.05, 0) is 6.92 Å². The summed E-state index contributed by atoms with van der Waals surface area (Å²) >= 11 is 0. The fraction of sp³-hybridized carbons (Fsp3) is 0.857. The maximum Gasteiger partial charge on any atom is 0.328 e. The van der Waals surface area contributed by atoms with Gasteiger partial charge in [-0.3, -0.25) is 13.9 Å². The van der Waals surface area contributed by atoms with Gasteiger partial charge in [0.25, 0.3) is 0 Å². The highest BCUT2D eigenvalue weighted by Gasteiger charge is 2.19. The van der Waals surface area contributed by atoms with Gasteiger partial charge in [-0.1, -0.05) is 13.8 Å². The Morgan fingerprint density at radius 3 is 2.15 bits per heavy atom. The molecule has 0 heterocycles. The molecule has 0 fully saturated rings. The van der Waals surface area contributed by atoms with Gasteiger partial charge < -0.3 is 9.63 Å². The lowest BCUT2D eigenvalue weighted by atomic mass is 10.2. The predicted octanol–water partition coefficient (Wildman–Crippen LogP) is 1.36. The minimum atomic E-state index is -3.59. The van der Waals surface area contributed by atoms with Crippen LogP contribution in [-0.2, 0) is 18.6 Å². The topological polar surface area (TPSA) is 72.8 Å². The number of rotatable bonds is 4. The van der Waals surface area contributed by atoms with Crippen LogP contribution in [-0.4, -0.2) is 23.8 Å². The van der Waals surface area contributed by atoms with Crippen LogP contribution in [0.1, 0.15) is 20.8 Å². The smallest absolute Gasteiger partial charge is 0.328 e. The predicted molar refractivity (Wildman–Crippen MR) is 47.2 cm³/mol. The van der Waals surface area contributed by atoms with Crippen molar-refractivity contribution in [2.24, 2.45) is 5.92 Å². The number of ether oxygens (including phenoxy) is 1. The number of hydrogen-bond donors (Lipinski definition) is 1. The van der Waals surface area contributed by atoms with Gasteiger partial charge in [0.2, 0.25) is 6.29 Å². The first kappa shape index (κ1) is 12.6. The molecule has 6 heteroatoms. The maximum absolute atomic E-state index is 11.0. The molecule has 0 radical (unpaired) electrons. The molecule has 0 aromatic heterocycles. The third kappa shape index (κ3) is 6.75. The van der Waals surface area contributed by atoms with Crippen LogP contribution in [0.4, 0.5) is 0 Å². The molecule has 0 bridgehead atoms. The second kappa shape index (κ2) is 4.74. The number of hydrogen-bond acceptors (Lipinski definition) is 4.